The Kier molecular flexibility index (Phi) is 10.5. The number of hydrogen-bond donors (Lipinski definition) is 0. The van der Waals surface area contributed by atoms with Crippen molar-refractivity contribution in [3.63, 3.8) is 0 Å². The van der Waals surface area contributed by atoms with Gasteiger partial charge < -0.3 is 19.3 Å². The van der Waals surface area contributed by atoms with Gasteiger partial charge in [0.2, 0.25) is 0 Å². The molecule has 3 heterocycles. The third-order valence-corrected chi connectivity index (χ3v) is 9.77. The summed E-state index contributed by atoms with van der Waals surface area (Å²) in [4.78, 5) is 61.3. The van der Waals surface area contributed by atoms with Crippen LogP contribution in [0.25, 0.3) is 11.1 Å². The van der Waals surface area contributed by atoms with E-state index in [2.05, 4.69) is 11.8 Å². The van der Waals surface area contributed by atoms with E-state index in [4.69, 9.17) is 9.47 Å². The molecule has 0 aromatic heterocycles. The molecule has 3 aliphatic heterocycles. The molecule has 3 aromatic rings. The highest BCUT2D eigenvalue weighted by Gasteiger charge is 2.50. The number of methoxy groups -OCH3 is 1. The largest absolute Gasteiger partial charge is 0.469 e. The van der Waals surface area contributed by atoms with Crippen molar-refractivity contribution in [2.75, 3.05) is 49.8 Å². The van der Waals surface area contributed by atoms with Crippen LogP contribution in [0.4, 0.5) is 11.4 Å². The molecule has 3 aliphatic rings. The molecule has 1 fully saturated rings. The van der Waals surface area contributed by atoms with Gasteiger partial charge in [-0.3, -0.25) is 19.2 Å². The lowest BCUT2D eigenvalue weighted by Gasteiger charge is -2.33. The minimum absolute atomic E-state index is 0.104. The second-order valence-electron chi connectivity index (χ2n) is 12.8. The second kappa shape index (κ2) is 15.2. The number of benzene rings is 3. The van der Waals surface area contributed by atoms with E-state index < -0.39 is 0 Å². The van der Waals surface area contributed by atoms with Crippen LogP contribution in [0.5, 0.6) is 0 Å². The number of carbonyl (C=O) groups is 4. The van der Waals surface area contributed by atoms with Gasteiger partial charge in [0.15, 0.2) is 0 Å². The number of amides is 3. The first kappa shape index (κ1) is 33.4. The Labute approximate surface area is 282 Å². The molecule has 9 heteroatoms. The monoisotopic (exact) mass is 651 g/mol. The third-order valence-electron chi connectivity index (χ3n) is 9.77. The number of ether oxygens (including phenoxy) is 2. The minimum atomic E-state index is -0.377. The van der Waals surface area contributed by atoms with E-state index >= 15 is 0 Å². The molecular weight excluding hydrogens is 606 g/mol. The first-order valence-electron chi connectivity index (χ1n) is 17.4. The van der Waals surface area contributed by atoms with Gasteiger partial charge in [0.05, 0.1) is 54.4 Å². The number of esters is 1. The van der Waals surface area contributed by atoms with E-state index in [-0.39, 0.29) is 29.7 Å². The maximum atomic E-state index is 14.9. The van der Waals surface area contributed by atoms with E-state index in [1.54, 1.807) is 12.1 Å². The van der Waals surface area contributed by atoms with E-state index in [9.17, 15) is 19.2 Å². The number of unbranched alkanes of at least 4 members (excludes halogenated alkanes) is 5. The van der Waals surface area contributed by atoms with Gasteiger partial charge in [-0.05, 0) is 37.0 Å². The van der Waals surface area contributed by atoms with Crippen LogP contribution >= 0.6 is 0 Å². The average Bonchev–Trinajstić information content (AvgIpc) is 3.54. The third kappa shape index (κ3) is 6.35. The number of fused-ring (bicyclic) bond motifs is 3. The fourth-order valence-corrected chi connectivity index (χ4v) is 7.45. The summed E-state index contributed by atoms with van der Waals surface area (Å²) in [7, 11) is 1.39. The molecule has 1 saturated heterocycles. The van der Waals surface area contributed by atoms with E-state index in [0.717, 1.165) is 43.2 Å². The van der Waals surface area contributed by atoms with Gasteiger partial charge in [-0.1, -0.05) is 87.6 Å². The highest BCUT2D eigenvalue weighted by atomic mass is 16.5. The zero-order valence-corrected chi connectivity index (χ0v) is 28.0. The molecule has 1 unspecified atom stereocenters. The van der Waals surface area contributed by atoms with Crippen LogP contribution in [-0.4, -0.2) is 68.5 Å². The Hall–Kier alpha value is -4.50. The molecule has 48 heavy (non-hydrogen) atoms. The van der Waals surface area contributed by atoms with Crippen molar-refractivity contribution < 1.29 is 28.7 Å². The molecule has 0 spiro atoms. The second-order valence-corrected chi connectivity index (χ2v) is 12.8. The summed E-state index contributed by atoms with van der Waals surface area (Å²) in [5, 5.41) is 0. The molecule has 1 atom stereocenters. The van der Waals surface area contributed by atoms with Gasteiger partial charge >= 0.3 is 5.97 Å². The Morgan fingerprint density at radius 3 is 2.10 bits per heavy atom. The highest BCUT2D eigenvalue weighted by Crippen LogP contribution is 2.52. The van der Waals surface area contributed by atoms with Crippen molar-refractivity contribution in [2.24, 2.45) is 0 Å². The zero-order valence-electron chi connectivity index (χ0n) is 28.0. The van der Waals surface area contributed by atoms with Gasteiger partial charge in [-0.2, -0.15) is 0 Å². The topological polar surface area (TPSA) is 96.5 Å². The van der Waals surface area contributed by atoms with E-state index in [0.29, 0.717) is 92.2 Å². The fourth-order valence-electron chi connectivity index (χ4n) is 7.45. The molecule has 0 radical (unpaired) electrons. The fraction of sp³-hybridized carbons (Fsp3) is 0.436. The van der Waals surface area contributed by atoms with Crippen LogP contribution in [0, 0.1) is 0 Å². The predicted molar refractivity (Wildman–Crippen MR) is 186 cm³/mol. The Bertz CT molecular complexity index is 1650. The minimum Gasteiger partial charge on any atom is -0.469 e. The van der Waals surface area contributed by atoms with Crippen LogP contribution in [0.1, 0.15) is 107 Å². The SMILES string of the molecule is CCCCCCC1c2c3c(c(N4CCOCC4)c(-c4ccccc4)c2C(=O)N1CCCCCC(=O)OC)C(=O)N(c1ccccc1)C3=O. The van der Waals surface area contributed by atoms with Crippen molar-refractivity contribution in [2.45, 2.75) is 70.8 Å². The summed E-state index contributed by atoms with van der Waals surface area (Å²) in [6, 6.07) is 18.5. The average molecular weight is 652 g/mol. The normalized spacial score (nSPS) is 17.2. The molecule has 3 aromatic carbocycles. The van der Waals surface area contributed by atoms with Gasteiger partial charge in [-0.25, -0.2) is 4.90 Å². The highest BCUT2D eigenvalue weighted by molar-refractivity contribution is 6.38. The molecule has 9 nitrogen and oxygen atoms in total. The molecule has 0 N–H and O–H groups in total. The Balaban J connectivity index is 1.54. The Morgan fingerprint density at radius 1 is 0.771 bits per heavy atom. The van der Waals surface area contributed by atoms with Crippen molar-refractivity contribution >= 4 is 35.1 Å². The summed E-state index contributed by atoms with van der Waals surface area (Å²) in [5.41, 5.74) is 4.69. The smallest absolute Gasteiger partial charge is 0.305 e. The van der Waals surface area contributed by atoms with Crippen LogP contribution in [-0.2, 0) is 14.3 Å². The van der Waals surface area contributed by atoms with Crippen molar-refractivity contribution in [3.8, 4) is 11.1 Å². The van der Waals surface area contributed by atoms with Crippen molar-refractivity contribution in [3.05, 3.63) is 82.9 Å². The van der Waals surface area contributed by atoms with Crippen LogP contribution in [0.2, 0.25) is 0 Å². The number of para-hydroxylation sites is 1. The molecular formula is C39H45N3O6. The zero-order chi connectivity index (χ0) is 33.6. The lowest BCUT2D eigenvalue weighted by atomic mass is 9.84. The molecule has 3 amide bonds. The van der Waals surface area contributed by atoms with Crippen molar-refractivity contribution in [1.82, 2.24) is 4.90 Å². The number of nitrogens with zero attached hydrogens (tertiary/aromatic N) is 3. The maximum absolute atomic E-state index is 14.9. The molecule has 0 aliphatic carbocycles. The van der Waals surface area contributed by atoms with E-state index in [1.165, 1.54) is 12.0 Å². The lowest BCUT2D eigenvalue weighted by molar-refractivity contribution is -0.140. The van der Waals surface area contributed by atoms with E-state index in [1.807, 2.05) is 53.4 Å². The standard InChI is InChI=1S/C39H45N3O6/c1-3-4-5-13-20-29-32-33(37(44)41(29)22-15-8-14-21-30(43)47-2)31(27-16-9-6-10-17-27)36(40-23-25-48-26-24-40)35-34(32)38(45)42(39(35)46)28-18-11-7-12-19-28/h6-7,9-12,16-19,29H,3-5,8,13-15,20-26H2,1-2H3. The predicted octanol–water partition coefficient (Wildman–Crippen LogP) is 7.19. The van der Waals surface area contributed by atoms with Gasteiger partial charge in [0.25, 0.3) is 17.7 Å². The number of morpholine rings is 1. The summed E-state index contributed by atoms with van der Waals surface area (Å²) >= 11 is 0. The number of hydrogen-bond acceptors (Lipinski definition) is 7. The first-order chi connectivity index (χ1) is 23.5. The number of carbonyl (C=O) groups excluding carboxylic acids is 4. The molecule has 0 saturated carbocycles. The quantitative estimate of drug-likeness (QED) is 0.103. The van der Waals surface area contributed by atoms with Gasteiger partial charge in [-0.15, -0.1) is 0 Å². The summed E-state index contributed by atoms with van der Waals surface area (Å²) < 4.78 is 10.5. The van der Waals surface area contributed by atoms with Gasteiger partial charge in [0.1, 0.15) is 0 Å². The number of imide groups is 1. The Morgan fingerprint density at radius 2 is 1.42 bits per heavy atom. The molecule has 6 rings (SSSR count). The summed E-state index contributed by atoms with van der Waals surface area (Å²) in [6.45, 7) is 4.71. The van der Waals surface area contributed by atoms with Crippen LogP contribution in [0.3, 0.4) is 0 Å². The molecule has 0 bridgehead atoms. The summed E-state index contributed by atoms with van der Waals surface area (Å²) in [5.74, 6) is -1.08. The van der Waals surface area contributed by atoms with Crippen LogP contribution < -0.4 is 9.80 Å². The van der Waals surface area contributed by atoms with Crippen LogP contribution in [0.15, 0.2) is 60.7 Å². The number of anilines is 2. The molecule has 252 valence electrons. The lowest BCUT2D eigenvalue weighted by Crippen LogP contribution is -2.38. The summed E-state index contributed by atoms with van der Waals surface area (Å²) in [6.07, 6.45) is 7.28. The maximum Gasteiger partial charge on any atom is 0.305 e. The first-order valence-corrected chi connectivity index (χ1v) is 17.4. The number of rotatable bonds is 14. The van der Waals surface area contributed by atoms with Gasteiger partial charge in [0, 0.05) is 37.2 Å². The van der Waals surface area contributed by atoms with Crippen molar-refractivity contribution in [1.29, 1.82) is 0 Å².